The fourth-order valence-corrected chi connectivity index (χ4v) is 2.96. The van der Waals surface area contributed by atoms with Gasteiger partial charge in [0.05, 0.1) is 19.3 Å². The van der Waals surface area contributed by atoms with Crippen molar-refractivity contribution in [2.75, 3.05) is 26.8 Å². The van der Waals surface area contributed by atoms with Crippen molar-refractivity contribution in [1.82, 2.24) is 24.6 Å². The standard InChI is InChI=1S/C19H25N5O2/c1-22-14-16(13-21-22)15-24(11-12-26-2)19(25)20-8-10-23-9-7-17-5-3-4-6-18(17)23/h3-7,9,13-14H,8,10-12,15H2,1-2H3,(H,20,25). The Hall–Kier alpha value is -2.80. The maximum Gasteiger partial charge on any atom is 0.317 e. The van der Waals surface area contributed by atoms with Crippen LogP contribution < -0.4 is 5.32 Å². The number of carbonyl (C=O) groups is 1. The number of nitrogens with one attached hydrogen (secondary N) is 1. The van der Waals surface area contributed by atoms with Crippen LogP contribution in [0.3, 0.4) is 0 Å². The van der Waals surface area contributed by atoms with Crippen molar-refractivity contribution in [3.8, 4) is 0 Å². The van der Waals surface area contributed by atoms with E-state index in [9.17, 15) is 4.79 Å². The molecular formula is C19H25N5O2. The molecule has 0 saturated carbocycles. The third-order valence-electron chi connectivity index (χ3n) is 4.29. The van der Waals surface area contributed by atoms with E-state index in [4.69, 9.17) is 4.74 Å². The van der Waals surface area contributed by atoms with Gasteiger partial charge in [0, 0.05) is 57.3 Å². The zero-order valence-electron chi connectivity index (χ0n) is 15.3. The lowest BCUT2D eigenvalue weighted by molar-refractivity contribution is 0.146. The molecule has 0 aliphatic heterocycles. The number of hydrogen-bond acceptors (Lipinski definition) is 3. The van der Waals surface area contributed by atoms with E-state index >= 15 is 0 Å². The van der Waals surface area contributed by atoms with Crippen LogP contribution >= 0.6 is 0 Å². The number of aryl methyl sites for hydroxylation is 1. The number of ether oxygens (including phenoxy) is 1. The van der Waals surface area contributed by atoms with Crippen LogP contribution in [0.5, 0.6) is 0 Å². The first-order valence-electron chi connectivity index (χ1n) is 8.70. The summed E-state index contributed by atoms with van der Waals surface area (Å²) in [5.74, 6) is 0. The Balaban J connectivity index is 1.56. The van der Waals surface area contributed by atoms with Crippen LogP contribution in [0.15, 0.2) is 48.9 Å². The Kier molecular flexibility index (Phi) is 5.91. The van der Waals surface area contributed by atoms with Crippen LogP contribution in [0.25, 0.3) is 10.9 Å². The summed E-state index contributed by atoms with van der Waals surface area (Å²) >= 11 is 0. The predicted molar refractivity (Wildman–Crippen MR) is 101 cm³/mol. The second kappa shape index (κ2) is 8.53. The van der Waals surface area contributed by atoms with Crippen molar-refractivity contribution in [2.24, 2.45) is 7.05 Å². The second-order valence-corrected chi connectivity index (χ2v) is 6.24. The molecule has 1 aromatic carbocycles. The fourth-order valence-electron chi connectivity index (χ4n) is 2.96. The maximum atomic E-state index is 12.6. The average Bonchev–Trinajstić information content (AvgIpc) is 3.25. The summed E-state index contributed by atoms with van der Waals surface area (Å²) in [6, 6.07) is 10.2. The SMILES string of the molecule is COCCN(Cc1cnn(C)c1)C(=O)NCCn1ccc2ccccc21. The molecule has 1 N–H and O–H groups in total. The van der Waals surface area contributed by atoms with Crippen molar-refractivity contribution in [2.45, 2.75) is 13.1 Å². The largest absolute Gasteiger partial charge is 0.383 e. The predicted octanol–water partition coefficient (Wildman–Crippen LogP) is 2.23. The number of fused-ring (bicyclic) bond motifs is 1. The molecule has 2 amide bonds. The van der Waals surface area contributed by atoms with Gasteiger partial charge in [-0.25, -0.2) is 4.79 Å². The third kappa shape index (κ3) is 4.43. The van der Waals surface area contributed by atoms with Crippen molar-refractivity contribution < 1.29 is 9.53 Å². The van der Waals surface area contributed by atoms with Gasteiger partial charge in [0.1, 0.15) is 0 Å². The number of urea groups is 1. The van der Waals surface area contributed by atoms with Crippen LogP contribution in [0, 0.1) is 0 Å². The Morgan fingerprint density at radius 2 is 2.15 bits per heavy atom. The minimum absolute atomic E-state index is 0.0950. The molecule has 0 aliphatic rings. The monoisotopic (exact) mass is 355 g/mol. The van der Waals surface area contributed by atoms with E-state index in [1.807, 2.05) is 25.4 Å². The molecule has 0 atom stereocenters. The molecule has 0 fully saturated rings. The molecule has 3 rings (SSSR count). The topological polar surface area (TPSA) is 64.3 Å². The van der Waals surface area contributed by atoms with Gasteiger partial charge in [-0.3, -0.25) is 4.68 Å². The van der Waals surface area contributed by atoms with Gasteiger partial charge in [-0.15, -0.1) is 0 Å². The molecule has 0 unspecified atom stereocenters. The molecule has 0 aliphatic carbocycles. The van der Waals surface area contributed by atoms with Gasteiger partial charge in [-0.05, 0) is 17.5 Å². The molecular weight excluding hydrogens is 330 g/mol. The highest BCUT2D eigenvalue weighted by Gasteiger charge is 2.14. The van der Waals surface area contributed by atoms with E-state index in [1.54, 1.807) is 22.9 Å². The molecule has 2 heterocycles. The number of benzene rings is 1. The van der Waals surface area contributed by atoms with Crippen LogP contribution in [-0.2, 0) is 24.9 Å². The first-order valence-corrected chi connectivity index (χ1v) is 8.70. The number of para-hydroxylation sites is 1. The van der Waals surface area contributed by atoms with Gasteiger partial charge >= 0.3 is 6.03 Å². The smallest absolute Gasteiger partial charge is 0.317 e. The van der Waals surface area contributed by atoms with Crippen LogP contribution in [0.4, 0.5) is 4.79 Å². The summed E-state index contributed by atoms with van der Waals surface area (Å²) in [5, 5.41) is 8.37. The van der Waals surface area contributed by atoms with E-state index in [1.165, 1.54) is 10.9 Å². The summed E-state index contributed by atoms with van der Waals surface area (Å²) in [7, 11) is 3.50. The minimum atomic E-state index is -0.0950. The van der Waals surface area contributed by atoms with Crippen LogP contribution in [0.2, 0.25) is 0 Å². The van der Waals surface area contributed by atoms with E-state index in [2.05, 4.69) is 39.4 Å². The van der Waals surface area contributed by atoms with Crippen molar-refractivity contribution in [3.63, 3.8) is 0 Å². The van der Waals surface area contributed by atoms with E-state index in [-0.39, 0.29) is 6.03 Å². The number of aromatic nitrogens is 3. The zero-order chi connectivity index (χ0) is 18.4. The van der Waals surface area contributed by atoms with E-state index in [0.717, 1.165) is 12.1 Å². The molecule has 3 aromatic rings. The molecule has 0 saturated heterocycles. The number of amides is 2. The molecule has 0 bridgehead atoms. The normalized spacial score (nSPS) is 11.0. The Morgan fingerprint density at radius 1 is 1.31 bits per heavy atom. The molecule has 0 spiro atoms. The fraction of sp³-hybridized carbons (Fsp3) is 0.368. The molecule has 26 heavy (non-hydrogen) atoms. The van der Waals surface area contributed by atoms with Gasteiger partial charge < -0.3 is 19.5 Å². The van der Waals surface area contributed by atoms with Crippen LogP contribution in [0.1, 0.15) is 5.56 Å². The summed E-state index contributed by atoms with van der Waals surface area (Å²) < 4.78 is 9.01. The number of hydrogen-bond donors (Lipinski definition) is 1. The lowest BCUT2D eigenvalue weighted by Gasteiger charge is -2.22. The second-order valence-electron chi connectivity index (χ2n) is 6.24. The molecule has 7 heteroatoms. The van der Waals surface area contributed by atoms with Gasteiger partial charge in [0.15, 0.2) is 0 Å². The zero-order valence-corrected chi connectivity index (χ0v) is 15.3. The summed E-state index contributed by atoms with van der Waals surface area (Å²) in [6.07, 6.45) is 5.74. The van der Waals surface area contributed by atoms with Crippen molar-refractivity contribution in [1.29, 1.82) is 0 Å². The highest BCUT2D eigenvalue weighted by atomic mass is 16.5. The lowest BCUT2D eigenvalue weighted by Crippen LogP contribution is -2.42. The number of carbonyl (C=O) groups excluding carboxylic acids is 1. The Labute approximate surface area is 153 Å². The highest BCUT2D eigenvalue weighted by Crippen LogP contribution is 2.14. The van der Waals surface area contributed by atoms with Crippen molar-refractivity contribution >= 4 is 16.9 Å². The highest BCUT2D eigenvalue weighted by molar-refractivity contribution is 5.80. The Morgan fingerprint density at radius 3 is 2.92 bits per heavy atom. The molecule has 7 nitrogen and oxygen atoms in total. The van der Waals surface area contributed by atoms with E-state index < -0.39 is 0 Å². The van der Waals surface area contributed by atoms with Gasteiger partial charge in [-0.1, -0.05) is 18.2 Å². The number of rotatable bonds is 8. The third-order valence-corrected chi connectivity index (χ3v) is 4.29. The Bertz CT molecular complexity index is 854. The summed E-state index contributed by atoms with van der Waals surface area (Å²) in [4.78, 5) is 14.3. The summed E-state index contributed by atoms with van der Waals surface area (Å²) in [6.45, 7) is 2.83. The lowest BCUT2D eigenvalue weighted by atomic mass is 10.2. The van der Waals surface area contributed by atoms with Gasteiger partial charge in [0.2, 0.25) is 0 Å². The van der Waals surface area contributed by atoms with E-state index in [0.29, 0.717) is 26.2 Å². The minimum Gasteiger partial charge on any atom is -0.383 e. The number of methoxy groups -OCH3 is 1. The maximum absolute atomic E-state index is 12.6. The van der Waals surface area contributed by atoms with Crippen LogP contribution in [-0.4, -0.2) is 52.1 Å². The first-order chi connectivity index (χ1) is 12.7. The number of nitrogens with zero attached hydrogens (tertiary/aromatic N) is 4. The first kappa shape index (κ1) is 18.0. The van der Waals surface area contributed by atoms with Crippen molar-refractivity contribution in [3.05, 3.63) is 54.5 Å². The molecule has 2 aromatic heterocycles. The average molecular weight is 355 g/mol. The molecule has 138 valence electrons. The van der Waals surface area contributed by atoms with Gasteiger partial charge in [-0.2, -0.15) is 5.10 Å². The van der Waals surface area contributed by atoms with Gasteiger partial charge in [0.25, 0.3) is 0 Å². The quantitative estimate of drug-likeness (QED) is 0.674. The molecule has 0 radical (unpaired) electrons. The summed E-state index contributed by atoms with van der Waals surface area (Å²) in [5.41, 5.74) is 2.17.